The Bertz CT molecular complexity index is 218. The Balaban J connectivity index is 2.00. The third kappa shape index (κ3) is 6.08. The molecule has 0 aromatic rings. The van der Waals surface area contributed by atoms with Gasteiger partial charge in [0.2, 0.25) is 0 Å². The van der Waals surface area contributed by atoms with E-state index in [0.29, 0.717) is 6.54 Å². The van der Waals surface area contributed by atoms with Crippen LogP contribution in [0.2, 0.25) is 0 Å². The zero-order valence-corrected chi connectivity index (χ0v) is 10.6. The molecular weight excluding hydrogens is 204 g/mol. The van der Waals surface area contributed by atoms with Gasteiger partial charge in [-0.2, -0.15) is 0 Å². The summed E-state index contributed by atoms with van der Waals surface area (Å²) >= 11 is 0. The van der Waals surface area contributed by atoms with Gasteiger partial charge in [0, 0.05) is 0 Å². The SMILES string of the molecule is CC(C)(C)OC(=O)CNCCC1CCNC1. The lowest BCUT2D eigenvalue weighted by Crippen LogP contribution is -2.32. The first-order valence-corrected chi connectivity index (χ1v) is 6.10. The van der Waals surface area contributed by atoms with Crippen LogP contribution in [0.3, 0.4) is 0 Å². The first kappa shape index (κ1) is 13.5. The fraction of sp³-hybridized carbons (Fsp3) is 0.917. The van der Waals surface area contributed by atoms with Gasteiger partial charge in [-0.1, -0.05) is 0 Å². The van der Waals surface area contributed by atoms with Gasteiger partial charge in [0.05, 0.1) is 6.54 Å². The quantitative estimate of drug-likeness (QED) is 0.542. The Morgan fingerprint density at radius 2 is 2.25 bits per heavy atom. The highest BCUT2D eigenvalue weighted by molar-refractivity contribution is 5.72. The van der Waals surface area contributed by atoms with Crippen molar-refractivity contribution >= 4 is 5.97 Å². The zero-order valence-electron chi connectivity index (χ0n) is 10.6. The lowest BCUT2D eigenvalue weighted by atomic mass is 10.1. The van der Waals surface area contributed by atoms with Crippen molar-refractivity contribution in [2.24, 2.45) is 5.92 Å². The molecule has 2 N–H and O–H groups in total. The molecule has 1 fully saturated rings. The summed E-state index contributed by atoms with van der Waals surface area (Å²) in [5.41, 5.74) is -0.381. The molecule has 4 nitrogen and oxygen atoms in total. The predicted molar refractivity (Wildman–Crippen MR) is 64.3 cm³/mol. The monoisotopic (exact) mass is 228 g/mol. The van der Waals surface area contributed by atoms with Crippen molar-refractivity contribution in [3.05, 3.63) is 0 Å². The van der Waals surface area contributed by atoms with Gasteiger partial charge in [0.25, 0.3) is 0 Å². The lowest BCUT2D eigenvalue weighted by Gasteiger charge is -2.19. The molecule has 1 atom stereocenters. The molecule has 0 amide bonds. The van der Waals surface area contributed by atoms with Gasteiger partial charge < -0.3 is 15.4 Å². The van der Waals surface area contributed by atoms with Gasteiger partial charge in [-0.05, 0) is 59.2 Å². The molecular formula is C12H24N2O2. The molecule has 1 aliphatic heterocycles. The summed E-state index contributed by atoms with van der Waals surface area (Å²) in [6.45, 7) is 9.12. The molecule has 0 spiro atoms. The summed E-state index contributed by atoms with van der Waals surface area (Å²) in [6, 6.07) is 0. The summed E-state index contributed by atoms with van der Waals surface area (Å²) in [7, 11) is 0. The second-order valence-corrected chi connectivity index (χ2v) is 5.41. The Labute approximate surface area is 98.1 Å². The molecule has 0 aliphatic carbocycles. The Morgan fingerprint density at radius 3 is 2.81 bits per heavy atom. The average molecular weight is 228 g/mol. The molecule has 1 unspecified atom stereocenters. The highest BCUT2D eigenvalue weighted by atomic mass is 16.6. The summed E-state index contributed by atoms with van der Waals surface area (Å²) in [6.07, 6.45) is 2.39. The van der Waals surface area contributed by atoms with Crippen molar-refractivity contribution < 1.29 is 9.53 Å². The van der Waals surface area contributed by atoms with Crippen molar-refractivity contribution in [3.63, 3.8) is 0 Å². The van der Waals surface area contributed by atoms with Gasteiger partial charge in [-0.25, -0.2) is 0 Å². The number of rotatable bonds is 5. The van der Waals surface area contributed by atoms with Crippen LogP contribution in [0.1, 0.15) is 33.6 Å². The smallest absolute Gasteiger partial charge is 0.320 e. The third-order valence-corrected chi connectivity index (χ3v) is 2.58. The minimum Gasteiger partial charge on any atom is -0.459 e. The van der Waals surface area contributed by atoms with E-state index in [1.165, 1.54) is 6.42 Å². The van der Waals surface area contributed by atoms with E-state index in [4.69, 9.17) is 4.74 Å². The number of carbonyl (C=O) groups is 1. The molecule has 1 heterocycles. The molecule has 0 aromatic carbocycles. The molecule has 4 heteroatoms. The summed E-state index contributed by atoms with van der Waals surface area (Å²) < 4.78 is 5.20. The van der Waals surface area contributed by atoms with Crippen LogP contribution in [0.4, 0.5) is 0 Å². The number of hydrogen-bond donors (Lipinski definition) is 2. The van der Waals surface area contributed by atoms with Crippen molar-refractivity contribution in [2.75, 3.05) is 26.2 Å². The minimum atomic E-state index is -0.381. The summed E-state index contributed by atoms with van der Waals surface area (Å²) in [5.74, 6) is 0.600. The van der Waals surface area contributed by atoms with Crippen LogP contribution in [-0.4, -0.2) is 37.7 Å². The maximum Gasteiger partial charge on any atom is 0.320 e. The normalized spacial score (nSPS) is 21.1. The standard InChI is InChI=1S/C12H24N2O2/c1-12(2,3)16-11(15)9-14-7-5-10-4-6-13-8-10/h10,13-14H,4-9H2,1-3H3. The van der Waals surface area contributed by atoms with Gasteiger partial charge in [0.1, 0.15) is 5.60 Å². The second-order valence-electron chi connectivity index (χ2n) is 5.41. The first-order chi connectivity index (χ1) is 7.47. The minimum absolute atomic E-state index is 0.169. The van der Waals surface area contributed by atoms with Gasteiger partial charge in [0.15, 0.2) is 0 Å². The van der Waals surface area contributed by atoms with Crippen molar-refractivity contribution in [2.45, 2.75) is 39.2 Å². The van der Waals surface area contributed by atoms with Crippen LogP contribution in [0, 0.1) is 5.92 Å². The molecule has 1 saturated heterocycles. The van der Waals surface area contributed by atoms with E-state index in [1.807, 2.05) is 20.8 Å². The van der Waals surface area contributed by atoms with Crippen LogP contribution >= 0.6 is 0 Å². The van der Waals surface area contributed by atoms with Crippen LogP contribution in [0.25, 0.3) is 0 Å². The third-order valence-electron chi connectivity index (χ3n) is 2.58. The van der Waals surface area contributed by atoms with Crippen LogP contribution in [0.5, 0.6) is 0 Å². The number of nitrogens with one attached hydrogen (secondary N) is 2. The van der Waals surface area contributed by atoms with E-state index >= 15 is 0 Å². The predicted octanol–water partition coefficient (Wildman–Crippen LogP) is 0.917. The van der Waals surface area contributed by atoms with Crippen molar-refractivity contribution in [1.29, 1.82) is 0 Å². The Kier molecular flexibility index (Phi) is 5.22. The maximum absolute atomic E-state index is 11.4. The summed E-state index contributed by atoms with van der Waals surface area (Å²) in [5, 5.41) is 6.47. The highest BCUT2D eigenvalue weighted by Gasteiger charge is 2.16. The van der Waals surface area contributed by atoms with Crippen molar-refractivity contribution in [3.8, 4) is 0 Å². The summed E-state index contributed by atoms with van der Waals surface area (Å²) in [4.78, 5) is 11.4. The van der Waals surface area contributed by atoms with Crippen LogP contribution in [0.15, 0.2) is 0 Å². The topological polar surface area (TPSA) is 50.4 Å². The maximum atomic E-state index is 11.4. The average Bonchev–Trinajstić information content (AvgIpc) is 2.62. The van der Waals surface area contributed by atoms with Crippen molar-refractivity contribution in [1.82, 2.24) is 10.6 Å². The molecule has 0 bridgehead atoms. The molecule has 94 valence electrons. The van der Waals surface area contributed by atoms with Crippen LogP contribution in [-0.2, 0) is 9.53 Å². The lowest BCUT2D eigenvalue weighted by molar-refractivity contribution is -0.153. The van der Waals surface area contributed by atoms with E-state index < -0.39 is 0 Å². The van der Waals surface area contributed by atoms with Gasteiger partial charge >= 0.3 is 5.97 Å². The van der Waals surface area contributed by atoms with Gasteiger partial charge in [-0.15, -0.1) is 0 Å². The molecule has 1 rings (SSSR count). The second kappa shape index (κ2) is 6.21. The fourth-order valence-corrected chi connectivity index (χ4v) is 1.84. The molecule has 0 saturated carbocycles. The van der Waals surface area contributed by atoms with E-state index in [9.17, 15) is 4.79 Å². The zero-order chi connectivity index (χ0) is 12.0. The number of hydrogen-bond acceptors (Lipinski definition) is 4. The van der Waals surface area contributed by atoms with Crippen LogP contribution < -0.4 is 10.6 Å². The van der Waals surface area contributed by atoms with E-state index in [-0.39, 0.29) is 11.6 Å². The molecule has 0 radical (unpaired) electrons. The number of carbonyl (C=O) groups excluding carboxylic acids is 1. The van der Waals surface area contributed by atoms with E-state index in [0.717, 1.165) is 32.0 Å². The van der Waals surface area contributed by atoms with E-state index in [2.05, 4.69) is 10.6 Å². The Morgan fingerprint density at radius 1 is 1.50 bits per heavy atom. The fourth-order valence-electron chi connectivity index (χ4n) is 1.84. The number of ether oxygens (including phenoxy) is 1. The van der Waals surface area contributed by atoms with E-state index in [1.54, 1.807) is 0 Å². The Hall–Kier alpha value is -0.610. The molecule has 16 heavy (non-hydrogen) atoms. The number of esters is 1. The highest BCUT2D eigenvalue weighted by Crippen LogP contribution is 2.10. The molecule has 0 aromatic heterocycles. The first-order valence-electron chi connectivity index (χ1n) is 6.10. The molecule has 1 aliphatic rings. The van der Waals surface area contributed by atoms with Gasteiger partial charge in [-0.3, -0.25) is 4.79 Å². The largest absolute Gasteiger partial charge is 0.459 e.